The number of nitrogens with zero attached hydrogens (tertiary/aromatic N) is 2. The number of methoxy groups -OCH3 is 4. The van der Waals surface area contributed by atoms with Crippen LogP contribution in [-0.4, -0.2) is 28.4 Å². The van der Waals surface area contributed by atoms with Crippen molar-refractivity contribution in [1.29, 1.82) is 0 Å². The predicted octanol–water partition coefficient (Wildman–Crippen LogP) is 3.72. The van der Waals surface area contributed by atoms with Crippen LogP contribution in [0, 0.1) is 0 Å². The van der Waals surface area contributed by atoms with Crippen molar-refractivity contribution in [3.63, 3.8) is 0 Å². The molecule has 2 aromatic rings. The van der Waals surface area contributed by atoms with E-state index in [4.69, 9.17) is 24.7 Å². The molecule has 2 rings (SSSR count). The minimum atomic E-state index is 0.494. The summed E-state index contributed by atoms with van der Waals surface area (Å²) in [5.41, 5.74) is 7.51. The summed E-state index contributed by atoms with van der Waals surface area (Å²) in [6, 6.07) is 8.59. The van der Waals surface area contributed by atoms with Crippen molar-refractivity contribution in [2.75, 3.05) is 34.2 Å². The molecule has 0 aromatic heterocycles. The van der Waals surface area contributed by atoms with Crippen molar-refractivity contribution < 1.29 is 18.9 Å². The van der Waals surface area contributed by atoms with E-state index in [-0.39, 0.29) is 0 Å². The molecule has 0 heterocycles. The van der Waals surface area contributed by atoms with E-state index in [1.807, 2.05) is 0 Å². The predicted molar refractivity (Wildman–Crippen MR) is 87.7 cm³/mol. The fourth-order valence-electron chi connectivity index (χ4n) is 2.02. The lowest BCUT2D eigenvalue weighted by molar-refractivity contribution is 0.324. The van der Waals surface area contributed by atoms with Gasteiger partial charge in [-0.15, -0.1) is 0 Å². The zero-order chi connectivity index (χ0) is 16.8. The molecule has 0 aliphatic rings. The van der Waals surface area contributed by atoms with Gasteiger partial charge in [-0.3, -0.25) is 0 Å². The van der Waals surface area contributed by atoms with Crippen LogP contribution in [0.15, 0.2) is 40.6 Å². The van der Waals surface area contributed by atoms with E-state index in [9.17, 15) is 0 Å². The largest absolute Gasteiger partial charge is 0.495 e. The van der Waals surface area contributed by atoms with E-state index in [0.717, 1.165) is 0 Å². The average Bonchev–Trinajstić information content (AvgIpc) is 2.58. The van der Waals surface area contributed by atoms with Gasteiger partial charge in [0.25, 0.3) is 0 Å². The highest BCUT2D eigenvalue weighted by Gasteiger charge is 2.13. The Bertz CT molecular complexity index is 691. The van der Waals surface area contributed by atoms with Gasteiger partial charge in [0.1, 0.15) is 5.75 Å². The third-order valence-corrected chi connectivity index (χ3v) is 3.14. The average molecular weight is 317 g/mol. The molecule has 7 heteroatoms. The van der Waals surface area contributed by atoms with E-state index in [1.165, 1.54) is 0 Å². The van der Waals surface area contributed by atoms with Crippen LogP contribution in [0.5, 0.6) is 23.0 Å². The summed E-state index contributed by atoms with van der Waals surface area (Å²) in [6.07, 6.45) is 0. The molecular weight excluding hydrogens is 298 g/mol. The minimum Gasteiger partial charge on any atom is -0.495 e. The Morgan fingerprint density at radius 1 is 0.696 bits per heavy atom. The molecule has 0 aliphatic carbocycles. The summed E-state index contributed by atoms with van der Waals surface area (Å²) in [5, 5.41) is 8.34. The SMILES string of the molecule is COc1ccc(/N=N/c2cc(OC)c(OC)c(OC)c2)cc1N. The van der Waals surface area contributed by atoms with Crippen LogP contribution in [-0.2, 0) is 0 Å². The number of nitrogen functional groups attached to an aromatic ring is 1. The molecule has 0 radical (unpaired) electrons. The third-order valence-electron chi connectivity index (χ3n) is 3.14. The molecule has 0 saturated carbocycles. The van der Waals surface area contributed by atoms with Gasteiger partial charge in [-0.1, -0.05) is 0 Å². The molecule has 23 heavy (non-hydrogen) atoms. The summed E-state index contributed by atoms with van der Waals surface area (Å²) in [7, 11) is 6.19. The number of rotatable bonds is 6. The summed E-state index contributed by atoms with van der Waals surface area (Å²) in [4.78, 5) is 0. The number of nitrogens with two attached hydrogens (primary N) is 1. The molecule has 0 atom stereocenters. The van der Waals surface area contributed by atoms with Gasteiger partial charge >= 0.3 is 0 Å². The number of azo groups is 1. The molecule has 7 nitrogen and oxygen atoms in total. The molecule has 2 N–H and O–H groups in total. The highest BCUT2D eigenvalue weighted by Crippen LogP contribution is 2.41. The van der Waals surface area contributed by atoms with Crippen molar-refractivity contribution >= 4 is 17.1 Å². The maximum atomic E-state index is 5.85. The van der Waals surface area contributed by atoms with Gasteiger partial charge in [-0.2, -0.15) is 10.2 Å². The highest BCUT2D eigenvalue weighted by atomic mass is 16.5. The molecule has 0 unspecified atom stereocenters. The highest BCUT2D eigenvalue weighted by molar-refractivity contribution is 5.62. The first-order chi connectivity index (χ1) is 11.1. The van der Waals surface area contributed by atoms with Crippen molar-refractivity contribution in [2.45, 2.75) is 0 Å². The summed E-state index contributed by atoms with van der Waals surface area (Å²) in [6.45, 7) is 0. The Kier molecular flexibility index (Phi) is 5.24. The molecule has 0 aliphatic heterocycles. The number of ether oxygens (including phenoxy) is 4. The first-order valence-electron chi connectivity index (χ1n) is 6.78. The molecule has 0 spiro atoms. The second-order valence-corrected chi connectivity index (χ2v) is 4.51. The van der Waals surface area contributed by atoms with Gasteiger partial charge in [0.15, 0.2) is 11.5 Å². The van der Waals surface area contributed by atoms with E-state index in [2.05, 4.69) is 10.2 Å². The first-order valence-corrected chi connectivity index (χ1v) is 6.78. The molecule has 122 valence electrons. The van der Waals surface area contributed by atoms with E-state index in [1.54, 1.807) is 58.8 Å². The van der Waals surface area contributed by atoms with Crippen molar-refractivity contribution in [3.8, 4) is 23.0 Å². The Morgan fingerprint density at radius 2 is 1.26 bits per heavy atom. The maximum Gasteiger partial charge on any atom is 0.203 e. The molecular formula is C16H19N3O4. The summed E-state index contributed by atoms with van der Waals surface area (Å²) < 4.78 is 20.9. The van der Waals surface area contributed by atoms with Gasteiger partial charge in [0, 0.05) is 12.1 Å². The third kappa shape index (κ3) is 3.63. The van der Waals surface area contributed by atoms with Crippen LogP contribution in [0.1, 0.15) is 0 Å². The van der Waals surface area contributed by atoms with Crippen LogP contribution >= 0.6 is 0 Å². The van der Waals surface area contributed by atoms with Crippen molar-refractivity contribution in [1.82, 2.24) is 0 Å². The first kappa shape index (κ1) is 16.4. The zero-order valence-electron chi connectivity index (χ0n) is 13.5. The smallest absolute Gasteiger partial charge is 0.203 e. The van der Waals surface area contributed by atoms with Crippen LogP contribution in [0.2, 0.25) is 0 Å². The second kappa shape index (κ2) is 7.35. The zero-order valence-corrected chi connectivity index (χ0v) is 13.5. The standard InChI is InChI=1S/C16H19N3O4/c1-20-13-6-5-10(7-12(13)17)18-19-11-8-14(21-2)16(23-4)15(9-11)22-3/h5-9H,17H2,1-4H3/b19-18+. The van der Waals surface area contributed by atoms with Crippen LogP contribution in [0.3, 0.4) is 0 Å². The topological polar surface area (TPSA) is 87.7 Å². The van der Waals surface area contributed by atoms with Crippen molar-refractivity contribution in [2.24, 2.45) is 10.2 Å². The molecule has 0 saturated heterocycles. The Morgan fingerprint density at radius 3 is 1.74 bits per heavy atom. The van der Waals surface area contributed by atoms with E-state index in [0.29, 0.717) is 40.1 Å². The fourth-order valence-corrected chi connectivity index (χ4v) is 2.02. The van der Waals surface area contributed by atoms with Crippen LogP contribution < -0.4 is 24.7 Å². The van der Waals surface area contributed by atoms with Gasteiger partial charge in [-0.05, 0) is 18.2 Å². The quantitative estimate of drug-likeness (QED) is 0.648. The summed E-state index contributed by atoms with van der Waals surface area (Å²) in [5.74, 6) is 2.12. The van der Waals surface area contributed by atoms with Gasteiger partial charge in [-0.25, -0.2) is 0 Å². The van der Waals surface area contributed by atoms with Crippen molar-refractivity contribution in [3.05, 3.63) is 30.3 Å². The molecule has 2 aromatic carbocycles. The molecule has 0 bridgehead atoms. The van der Waals surface area contributed by atoms with E-state index < -0.39 is 0 Å². The van der Waals surface area contributed by atoms with Crippen LogP contribution in [0.25, 0.3) is 0 Å². The Balaban J connectivity index is 2.34. The second-order valence-electron chi connectivity index (χ2n) is 4.51. The number of hydrogen-bond donors (Lipinski definition) is 1. The Labute approximate surface area is 134 Å². The maximum absolute atomic E-state index is 5.85. The number of benzene rings is 2. The lowest BCUT2D eigenvalue weighted by atomic mass is 10.2. The van der Waals surface area contributed by atoms with Gasteiger partial charge < -0.3 is 24.7 Å². The lowest BCUT2D eigenvalue weighted by Crippen LogP contribution is -1.94. The van der Waals surface area contributed by atoms with E-state index >= 15 is 0 Å². The Hall–Kier alpha value is -2.96. The lowest BCUT2D eigenvalue weighted by Gasteiger charge is -2.12. The molecule has 0 fully saturated rings. The van der Waals surface area contributed by atoms with Gasteiger partial charge in [0.05, 0.1) is 45.5 Å². The summed E-state index contributed by atoms with van der Waals surface area (Å²) >= 11 is 0. The van der Waals surface area contributed by atoms with Crippen LogP contribution in [0.4, 0.5) is 17.1 Å². The monoisotopic (exact) mass is 317 g/mol. The number of hydrogen-bond acceptors (Lipinski definition) is 7. The number of anilines is 1. The normalized spacial score (nSPS) is 10.6. The van der Waals surface area contributed by atoms with Gasteiger partial charge in [0.2, 0.25) is 5.75 Å². The minimum absolute atomic E-state index is 0.494. The molecule has 0 amide bonds. The fraction of sp³-hybridized carbons (Fsp3) is 0.250.